The van der Waals surface area contributed by atoms with Crippen LogP contribution in [0.3, 0.4) is 0 Å². The summed E-state index contributed by atoms with van der Waals surface area (Å²) < 4.78 is 0. The molecule has 0 spiro atoms. The fraction of sp³-hybridized carbons (Fsp3) is 0.750. The van der Waals surface area contributed by atoms with Gasteiger partial charge in [0.05, 0.1) is 0 Å². The minimum atomic E-state index is -0.221. The molecule has 0 bridgehead atoms. The topological polar surface area (TPSA) is 17.1 Å². The van der Waals surface area contributed by atoms with E-state index in [2.05, 4.69) is 6.92 Å². The second kappa shape index (κ2) is 5.95. The maximum absolute atomic E-state index is 11.4. The van der Waals surface area contributed by atoms with E-state index < -0.39 is 0 Å². The second-order valence-corrected chi connectivity index (χ2v) is 4.51. The summed E-state index contributed by atoms with van der Waals surface area (Å²) in [6.07, 6.45) is 8.47. The lowest BCUT2D eigenvalue weighted by molar-refractivity contribution is -0.121. The zero-order chi connectivity index (χ0) is 10.3. The van der Waals surface area contributed by atoms with Gasteiger partial charge in [0.15, 0.2) is 5.78 Å². The third-order valence-corrected chi connectivity index (χ3v) is 1.98. The van der Waals surface area contributed by atoms with Crippen LogP contribution in [0.15, 0.2) is 12.2 Å². The number of hydrogen-bond acceptors (Lipinski definition) is 1. The van der Waals surface area contributed by atoms with Gasteiger partial charge >= 0.3 is 0 Å². The fourth-order valence-corrected chi connectivity index (χ4v) is 0.953. The molecule has 0 heterocycles. The predicted octanol–water partition coefficient (Wildman–Crippen LogP) is 3.74. The van der Waals surface area contributed by atoms with E-state index in [4.69, 9.17) is 0 Å². The number of hydrogen-bond donors (Lipinski definition) is 0. The van der Waals surface area contributed by atoms with Crippen molar-refractivity contribution in [2.45, 2.75) is 53.4 Å². The van der Waals surface area contributed by atoms with Crippen LogP contribution in [0.5, 0.6) is 0 Å². The molecular weight excluding hydrogens is 160 g/mol. The van der Waals surface area contributed by atoms with Gasteiger partial charge in [-0.3, -0.25) is 4.79 Å². The minimum absolute atomic E-state index is 0.221. The van der Waals surface area contributed by atoms with Gasteiger partial charge in [-0.15, -0.1) is 0 Å². The van der Waals surface area contributed by atoms with E-state index in [1.54, 1.807) is 6.08 Å². The Balaban J connectivity index is 3.67. The molecule has 0 fully saturated rings. The molecule has 1 nitrogen and oxygen atoms in total. The zero-order valence-electron chi connectivity index (χ0n) is 9.39. The molecule has 0 N–H and O–H groups in total. The van der Waals surface area contributed by atoms with E-state index in [0.29, 0.717) is 0 Å². The van der Waals surface area contributed by atoms with Crippen LogP contribution in [0.25, 0.3) is 0 Å². The van der Waals surface area contributed by atoms with Crippen molar-refractivity contribution < 1.29 is 4.79 Å². The van der Waals surface area contributed by atoms with Gasteiger partial charge in [-0.1, -0.05) is 46.6 Å². The summed E-state index contributed by atoms with van der Waals surface area (Å²) in [4.78, 5) is 11.4. The zero-order valence-corrected chi connectivity index (χ0v) is 9.39. The standard InChI is InChI=1S/C12H22O/c1-5-6-7-8-9-10-11(13)12(2,3)4/h9-10H,5-8H2,1-4H3/b10-9+. The molecule has 0 amide bonds. The van der Waals surface area contributed by atoms with Crippen LogP contribution in [0.4, 0.5) is 0 Å². The largest absolute Gasteiger partial charge is 0.294 e. The number of allylic oxidation sites excluding steroid dienone is 2. The molecular formula is C12H22O. The lowest BCUT2D eigenvalue weighted by atomic mass is 9.90. The summed E-state index contributed by atoms with van der Waals surface area (Å²) in [5.74, 6) is 0.226. The van der Waals surface area contributed by atoms with Crippen molar-refractivity contribution >= 4 is 5.78 Å². The van der Waals surface area contributed by atoms with Gasteiger partial charge in [0.1, 0.15) is 0 Å². The van der Waals surface area contributed by atoms with Crippen molar-refractivity contribution in [3.8, 4) is 0 Å². The van der Waals surface area contributed by atoms with Gasteiger partial charge < -0.3 is 0 Å². The molecule has 13 heavy (non-hydrogen) atoms. The summed E-state index contributed by atoms with van der Waals surface area (Å²) in [7, 11) is 0. The highest BCUT2D eigenvalue weighted by Crippen LogP contribution is 2.15. The van der Waals surface area contributed by atoms with E-state index in [9.17, 15) is 4.79 Å². The molecule has 76 valence electrons. The molecule has 0 aliphatic heterocycles. The Morgan fingerprint density at radius 2 is 1.85 bits per heavy atom. The van der Waals surface area contributed by atoms with Crippen molar-refractivity contribution in [1.82, 2.24) is 0 Å². The quantitative estimate of drug-likeness (QED) is 0.467. The Labute approximate surface area is 82.2 Å². The van der Waals surface area contributed by atoms with E-state index in [0.717, 1.165) is 6.42 Å². The van der Waals surface area contributed by atoms with Gasteiger partial charge in [-0.05, 0) is 18.9 Å². The highest BCUT2D eigenvalue weighted by molar-refractivity contribution is 5.93. The Morgan fingerprint density at radius 3 is 2.31 bits per heavy atom. The Bertz CT molecular complexity index is 172. The predicted molar refractivity (Wildman–Crippen MR) is 57.7 cm³/mol. The highest BCUT2D eigenvalue weighted by Gasteiger charge is 2.17. The maximum atomic E-state index is 11.4. The highest BCUT2D eigenvalue weighted by atomic mass is 16.1. The van der Waals surface area contributed by atoms with Crippen LogP contribution in [0.2, 0.25) is 0 Å². The Morgan fingerprint density at radius 1 is 1.23 bits per heavy atom. The van der Waals surface area contributed by atoms with Gasteiger partial charge in [0.2, 0.25) is 0 Å². The van der Waals surface area contributed by atoms with E-state index in [-0.39, 0.29) is 11.2 Å². The normalized spacial score (nSPS) is 12.3. The molecule has 0 saturated carbocycles. The number of carbonyl (C=O) groups is 1. The van der Waals surface area contributed by atoms with E-state index >= 15 is 0 Å². The number of ketones is 1. The van der Waals surface area contributed by atoms with Crippen molar-refractivity contribution in [3.05, 3.63) is 12.2 Å². The lowest BCUT2D eigenvalue weighted by Gasteiger charge is -2.12. The maximum Gasteiger partial charge on any atom is 0.160 e. The van der Waals surface area contributed by atoms with Crippen LogP contribution < -0.4 is 0 Å². The van der Waals surface area contributed by atoms with Gasteiger partial charge in [0, 0.05) is 5.41 Å². The number of carbonyl (C=O) groups excluding carboxylic acids is 1. The third kappa shape index (κ3) is 6.56. The smallest absolute Gasteiger partial charge is 0.160 e. The van der Waals surface area contributed by atoms with Crippen LogP contribution in [-0.4, -0.2) is 5.78 Å². The number of unbranched alkanes of at least 4 members (excludes halogenated alkanes) is 3. The number of rotatable bonds is 5. The Kier molecular flexibility index (Phi) is 5.68. The average molecular weight is 182 g/mol. The summed E-state index contributed by atoms with van der Waals surface area (Å²) in [5, 5.41) is 0. The SMILES string of the molecule is CCCCC/C=C/C(=O)C(C)(C)C. The monoisotopic (exact) mass is 182 g/mol. The third-order valence-electron chi connectivity index (χ3n) is 1.98. The molecule has 1 heteroatoms. The van der Waals surface area contributed by atoms with E-state index in [1.807, 2.05) is 26.8 Å². The van der Waals surface area contributed by atoms with Crippen LogP contribution >= 0.6 is 0 Å². The molecule has 0 unspecified atom stereocenters. The van der Waals surface area contributed by atoms with Crippen LogP contribution in [0, 0.1) is 5.41 Å². The summed E-state index contributed by atoms with van der Waals surface area (Å²) in [6.45, 7) is 8.03. The minimum Gasteiger partial charge on any atom is -0.294 e. The Hall–Kier alpha value is -0.590. The molecule has 0 atom stereocenters. The average Bonchev–Trinajstić information content (AvgIpc) is 2.02. The first-order valence-electron chi connectivity index (χ1n) is 5.19. The van der Waals surface area contributed by atoms with Crippen molar-refractivity contribution in [2.75, 3.05) is 0 Å². The molecule has 0 saturated heterocycles. The molecule has 0 aromatic rings. The first-order valence-corrected chi connectivity index (χ1v) is 5.19. The van der Waals surface area contributed by atoms with Gasteiger partial charge in [-0.25, -0.2) is 0 Å². The molecule has 0 rings (SSSR count). The van der Waals surface area contributed by atoms with Crippen LogP contribution in [0.1, 0.15) is 53.4 Å². The summed E-state index contributed by atoms with van der Waals surface area (Å²) >= 11 is 0. The van der Waals surface area contributed by atoms with Gasteiger partial charge in [-0.2, -0.15) is 0 Å². The summed E-state index contributed by atoms with van der Waals surface area (Å²) in [5.41, 5.74) is -0.221. The molecule has 0 aliphatic rings. The van der Waals surface area contributed by atoms with Gasteiger partial charge in [0.25, 0.3) is 0 Å². The summed E-state index contributed by atoms with van der Waals surface area (Å²) in [6, 6.07) is 0. The first-order chi connectivity index (χ1) is 5.98. The molecule has 0 aliphatic carbocycles. The fourth-order valence-electron chi connectivity index (χ4n) is 0.953. The molecule has 0 radical (unpaired) electrons. The van der Waals surface area contributed by atoms with Crippen LogP contribution in [-0.2, 0) is 4.79 Å². The van der Waals surface area contributed by atoms with Crippen molar-refractivity contribution in [1.29, 1.82) is 0 Å². The first kappa shape index (κ1) is 12.4. The molecule has 0 aromatic heterocycles. The van der Waals surface area contributed by atoms with Crippen molar-refractivity contribution in [2.24, 2.45) is 5.41 Å². The van der Waals surface area contributed by atoms with E-state index in [1.165, 1.54) is 19.3 Å². The lowest BCUT2D eigenvalue weighted by Crippen LogP contribution is -2.17. The molecule has 0 aromatic carbocycles. The van der Waals surface area contributed by atoms with Crippen molar-refractivity contribution in [3.63, 3.8) is 0 Å². The second-order valence-electron chi connectivity index (χ2n) is 4.51.